The average molecular weight is 150 g/mol. The van der Waals surface area contributed by atoms with Gasteiger partial charge in [-0.1, -0.05) is 0 Å². The van der Waals surface area contributed by atoms with Gasteiger partial charge in [-0.05, 0) is 0 Å². The highest BCUT2D eigenvalue weighted by Gasteiger charge is 2.38. The predicted molar refractivity (Wildman–Crippen MR) is 26.1 cm³/mol. The summed E-state index contributed by atoms with van der Waals surface area (Å²) in [6.07, 6.45) is -4.76. The van der Waals surface area contributed by atoms with E-state index in [2.05, 4.69) is 0 Å². The zero-order valence-electron chi connectivity index (χ0n) is 4.73. The van der Waals surface area contributed by atoms with Gasteiger partial charge in [-0.15, -0.1) is 0 Å². The molecule has 0 aliphatic carbocycles. The van der Waals surface area contributed by atoms with Crippen molar-refractivity contribution in [3.8, 4) is 0 Å². The fourth-order valence-electron chi connectivity index (χ4n) is 0.527. The molecule has 2 unspecified atom stereocenters. The van der Waals surface area contributed by atoms with Gasteiger partial charge in [0, 0.05) is 0 Å². The molecule has 1 aliphatic rings. The molecule has 1 saturated heterocycles. The molecule has 0 bridgehead atoms. The van der Waals surface area contributed by atoms with Gasteiger partial charge in [-0.2, -0.15) is 0 Å². The van der Waals surface area contributed by atoms with E-state index in [9.17, 15) is 18.4 Å². The number of halogens is 2. The van der Waals surface area contributed by atoms with E-state index >= 15 is 0 Å². The molecule has 0 saturated carbocycles. The number of hydrogen-bond donors (Lipinski definition) is 2. The molecule has 10 heavy (non-hydrogen) atoms. The Balaban J connectivity index is 2.69. The minimum Gasteiger partial charge on any atom is -0.270 e. The molecule has 0 spiro atoms. The lowest BCUT2D eigenvalue weighted by atomic mass is 10.2. The molecule has 1 fully saturated rings. The Morgan fingerprint density at radius 3 is 1.60 bits per heavy atom. The van der Waals surface area contributed by atoms with Crippen LogP contribution in [0.5, 0.6) is 0 Å². The molecule has 0 aromatic carbocycles. The largest absolute Gasteiger partial charge is 0.276 e. The first kappa shape index (κ1) is 6.91. The lowest BCUT2D eigenvalue weighted by Gasteiger charge is -2.19. The molecule has 6 heteroatoms. The fourth-order valence-corrected chi connectivity index (χ4v) is 0.527. The Kier molecular flexibility index (Phi) is 1.52. The van der Waals surface area contributed by atoms with Crippen LogP contribution in [0.2, 0.25) is 0 Å². The second-order valence-electron chi connectivity index (χ2n) is 1.78. The summed E-state index contributed by atoms with van der Waals surface area (Å²) in [5.74, 6) is -2.32. The van der Waals surface area contributed by atoms with E-state index in [1.807, 2.05) is 0 Å². The Bertz CT molecular complexity index is 164. The lowest BCUT2D eigenvalue weighted by molar-refractivity contribution is -0.145. The smallest absolute Gasteiger partial charge is 0.270 e. The third-order valence-electron chi connectivity index (χ3n) is 1.07. The maximum Gasteiger partial charge on any atom is 0.276 e. The molecule has 1 aliphatic heterocycles. The van der Waals surface area contributed by atoms with Crippen molar-refractivity contribution < 1.29 is 18.4 Å². The maximum absolute atomic E-state index is 12.2. The van der Waals surface area contributed by atoms with Crippen molar-refractivity contribution in [3.63, 3.8) is 0 Å². The van der Waals surface area contributed by atoms with E-state index in [1.54, 1.807) is 10.9 Å². The molecule has 1 heterocycles. The van der Waals surface area contributed by atoms with Gasteiger partial charge in [0.2, 0.25) is 12.3 Å². The number of hydrazine groups is 1. The first-order valence-electron chi connectivity index (χ1n) is 2.51. The van der Waals surface area contributed by atoms with Crippen LogP contribution in [0.15, 0.2) is 0 Å². The van der Waals surface area contributed by atoms with Crippen molar-refractivity contribution in [2.75, 3.05) is 0 Å². The predicted octanol–water partition coefficient (Wildman–Crippen LogP) is -1.18. The molecular formula is C4H4F2N2O2. The van der Waals surface area contributed by atoms with Gasteiger partial charge in [0.05, 0.1) is 0 Å². The molecule has 4 nitrogen and oxygen atoms in total. The van der Waals surface area contributed by atoms with Crippen molar-refractivity contribution in [1.82, 2.24) is 10.9 Å². The number of carbonyl (C=O) groups excluding carboxylic acids is 2. The summed E-state index contributed by atoms with van der Waals surface area (Å²) in [6, 6.07) is 0. The zero-order valence-corrected chi connectivity index (χ0v) is 4.73. The third-order valence-corrected chi connectivity index (χ3v) is 1.07. The topological polar surface area (TPSA) is 58.2 Å². The van der Waals surface area contributed by atoms with Crippen LogP contribution in [0.1, 0.15) is 0 Å². The molecule has 0 aromatic rings. The number of hydrogen-bond acceptors (Lipinski definition) is 2. The molecule has 56 valence electrons. The zero-order chi connectivity index (χ0) is 7.72. The van der Waals surface area contributed by atoms with Gasteiger partial charge in [0.15, 0.2) is 0 Å². The van der Waals surface area contributed by atoms with Crippen molar-refractivity contribution >= 4 is 11.8 Å². The van der Waals surface area contributed by atoms with Crippen molar-refractivity contribution in [2.24, 2.45) is 0 Å². The standard InChI is InChI=1S/C4H4F2N2O2/c5-1-2(6)4(10)8-7-3(1)9/h1-2H,(H,7,9)(H,8,10). The SMILES string of the molecule is O=C1NNC(=O)C(F)C1F. The Labute approximate surface area is 54.6 Å². The summed E-state index contributed by atoms with van der Waals surface area (Å²) in [6.45, 7) is 0. The molecular weight excluding hydrogens is 146 g/mol. The molecule has 2 amide bonds. The number of alkyl halides is 2. The highest BCUT2D eigenvalue weighted by molar-refractivity contribution is 5.95. The van der Waals surface area contributed by atoms with Crippen molar-refractivity contribution in [2.45, 2.75) is 12.3 Å². The first-order chi connectivity index (χ1) is 4.63. The highest BCUT2D eigenvalue weighted by atomic mass is 19.2. The van der Waals surface area contributed by atoms with E-state index in [1.165, 1.54) is 0 Å². The number of carbonyl (C=O) groups is 2. The quantitative estimate of drug-likeness (QED) is 0.456. The summed E-state index contributed by atoms with van der Waals surface area (Å²) >= 11 is 0. The van der Waals surface area contributed by atoms with E-state index in [0.29, 0.717) is 0 Å². The summed E-state index contributed by atoms with van der Waals surface area (Å²) in [4.78, 5) is 20.4. The minimum absolute atomic E-state index is 1.16. The number of amides is 2. The van der Waals surface area contributed by atoms with E-state index < -0.39 is 24.2 Å². The second kappa shape index (κ2) is 2.20. The third kappa shape index (κ3) is 0.916. The van der Waals surface area contributed by atoms with E-state index in [-0.39, 0.29) is 0 Å². The molecule has 1 rings (SSSR count). The summed E-state index contributed by atoms with van der Waals surface area (Å²) < 4.78 is 24.3. The number of nitrogens with one attached hydrogen (secondary N) is 2. The van der Waals surface area contributed by atoms with Gasteiger partial charge in [-0.25, -0.2) is 8.78 Å². The van der Waals surface area contributed by atoms with Crippen LogP contribution in [-0.2, 0) is 9.59 Å². The molecule has 2 atom stereocenters. The fraction of sp³-hybridized carbons (Fsp3) is 0.500. The molecule has 0 aromatic heterocycles. The monoisotopic (exact) mass is 150 g/mol. The van der Waals surface area contributed by atoms with Gasteiger partial charge in [0.25, 0.3) is 11.8 Å². The van der Waals surface area contributed by atoms with Crippen LogP contribution in [0.4, 0.5) is 8.78 Å². The van der Waals surface area contributed by atoms with Crippen LogP contribution in [-0.4, -0.2) is 24.2 Å². The van der Waals surface area contributed by atoms with E-state index in [0.717, 1.165) is 0 Å². The Hall–Kier alpha value is -1.20. The lowest BCUT2D eigenvalue weighted by Crippen LogP contribution is -2.58. The average Bonchev–Trinajstić information content (AvgIpc) is 1.93. The maximum atomic E-state index is 12.2. The molecule has 0 radical (unpaired) electrons. The van der Waals surface area contributed by atoms with Gasteiger partial charge in [-0.3, -0.25) is 20.4 Å². The Morgan fingerprint density at radius 1 is 1.00 bits per heavy atom. The van der Waals surface area contributed by atoms with Crippen LogP contribution in [0.3, 0.4) is 0 Å². The van der Waals surface area contributed by atoms with Crippen molar-refractivity contribution in [1.29, 1.82) is 0 Å². The summed E-state index contributed by atoms with van der Waals surface area (Å²) in [7, 11) is 0. The Morgan fingerprint density at radius 2 is 1.30 bits per heavy atom. The van der Waals surface area contributed by atoms with Crippen LogP contribution in [0.25, 0.3) is 0 Å². The van der Waals surface area contributed by atoms with Crippen LogP contribution in [0, 0.1) is 0 Å². The van der Waals surface area contributed by atoms with Crippen molar-refractivity contribution in [3.05, 3.63) is 0 Å². The molecule has 2 N–H and O–H groups in total. The van der Waals surface area contributed by atoms with Gasteiger partial charge < -0.3 is 0 Å². The van der Waals surface area contributed by atoms with Crippen LogP contribution < -0.4 is 10.9 Å². The summed E-state index contributed by atoms with van der Waals surface area (Å²) in [5.41, 5.74) is 3.32. The normalized spacial score (nSPS) is 33.0. The van der Waals surface area contributed by atoms with Crippen LogP contribution >= 0.6 is 0 Å². The van der Waals surface area contributed by atoms with Gasteiger partial charge in [0.1, 0.15) is 0 Å². The van der Waals surface area contributed by atoms with Gasteiger partial charge >= 0.3 is 0 Å². The first-order valence-corrected chi connectivity index (χ1v) is 2.51. The summed E-state index contributed by atoms with van der Waals surface area (Å²) in [5, 5.41) is 0. The van der Waals surface area contributed by atoms with E-state index in [4.69, 9.17) is 0 Å². The second-order valence-corrected chi connectivity index (χ2v) is 1.78. The number of rotatable bonds is 0. The highest BCUT2D eigenvalue weighted by Crippen LogP contribution is 2.06. The minimum atomic E-state index is -2.38.